The molecular weight excluding hydrogens is 231 g/mol. The Balaban J connectivity index is 1.85. The monoisotopic (exact) mass is 243 g/mol. The first-order valence-corrected chi connectivity index (χ1v) is 5.63. The molecule has 1 aliphatic carbocycles. The summed E-state index contributed by atoms with van der Waals surface area (Å²) in [5, 5.41) is 3.09. The molecule has 2 heterocycles. The first-order valence-electron chi connectivity index (χ1n) is 5.63. The summed E-state index contributed by atoms with van der Waals surface area (Å²) in [6.45, 7) is 1.66. The first-order chi connectivity index (χ1) is 8.03. The smallest absolute Gasteiger partial charge is 0.315 e. The molecule has 0 atom stereocenters. The summed E-state index contributed by atoms with van der Waals surface area (Å²) in [7, 11) is 0. The van der Waals surface area contributed by atoms with Gasteiger partial charge in [-0.1, -0.05) is 0 Å². The number of alkyl halides is 3. The van der Waals surface area contributed by atoms with Crippen molar-refractivity contribution in [1.29, 1.82) is 0 Å². The Hall–Kier alpha value is -1.17. The van der Waals surface area contributed by atoms with Crippen LogP contribution >= 0.6 is 0 Å². The molecule has 0 bridgehead atoms. The minimum atomic E-state index is -4.21. The topological polar surface area (TPSA) is 37.8 Å². The zero-order valence-corrected chi connectivity index (χ0v) is 9.09. The average Bonchev–Trinajstić information content (AvgIpc) is 2.95. The lowest BCUT2D eigenvalue weighted by Gasteiger charge is -2.26. The van der Waals surface area contributed by atoms with Crippen molar-refractivity contribution < 1.29 is 13.2 Å². The number of aromatic nitrogens is 2. The van der Waals surface area contributed by atoms with Gasteiger partial charge in [-0.15, -0.1) is 0 Å². The molecule has 0 unspecified atom stereocenters. The maximum absolute atomic E-state index is 12.8. The van der Waals surface area contributed by atoms with Gasteiger partial charge in [-0.25, -0.2) is 0 Å². The van der Waals surface area contributed by atoms with Gasteiger partial charge in [0.05, 0.1) is 11.4 Å². The number of rotatable bonds is 2. The van der Waals surface area contributed by atoms with E-state index in [-0.39, 0.29) is 18.5 Å². The van der Waals surface area contributed by atoms with E-state index in [1.807, 2.05) is 0 Å². The van der Waals surface area contributed by atoms with E-state index in [0.29, 0.717) is 5.92 Å². The van der Waals surface area contributed by atoms with Gasteiger partial charge in [0.15, 0.2) is 0 Å². The highest BCUT2D eigenvalue weighted by atomic mass is 19.4. The molecule has 1 N–H and O–H groups in total. The minimum Gasteiger partial charge on any atom is -0.315 e. The number of hydrogen-bond acceptors (Lipinski definition) is 3. The molecule has 0 amide bonds. The van der Waals surface area contributed by atoms with Crippen LogP contribution in [-0.4, -0.2) is 29.2 Å². The summed E-state index contributed by atoms with van der Waals surface area (Å²) in [6, 6.07) is 0. The fourth-order valence-electron chi connectivity index (χ4n) is 2.10. The minimum absolute atomic E-state index is 0.0704. The zero-order chi connectivity index (χ0) is 12.1. The van der Waals surface area contributed by atoms with Gasteiger partial charge < -0.3 is 5.32 Å². The van der Waals surface area contributed by atoms with Crippen molar-refractivity contribution >= 4 is 0 Å². The second-order valence-electron chi connectivity index (χ2n) is 4.76. The summed E-state index contributed by atoms with van der Waals surface area (Å²) >= 11 is 0. The van der Waals surface area contributed by atoms with Gasteiger partial charge in [0.2, 0.25) is 0 Å². The van der Waals surface area contributed by atoms with Crippen LogP contribution in [-0.2, 0) is 5.41 Å². The Kier molecular flexibility index (Phi) is 2.20. The predicted octanol–water partition coefficient (Wildman–Crippen LogP) is 1.76. The molecule has 17 heavy (non-hydrogen) atoms. The quantitative estimate of drug-likeness (QED) is 0.860. The van der Waals surface area contributed by atoms with Crippen LogP contribution in [0.1, 0.15) is 30.1 Å². The third-order valence-corrected chi connectivity index (χ3v) is 3.65. The SMILES string of the molecule is FC(F)(F)C1(c2cnc(C3CNC3)cn2)CC1. The molecule has 1 aromatic rings. The van der Waals surface area contributed by atoms with E-state index in [1.165, 1.54) is 12.4 Å². The third-order valence-electron chi connectivity index (χ3n) is 3.65. The molecular formula is C11H12F3N3. The first kappa shape index (κ1) is 11.0. The van der Waals surface area contributed by atoms with Gasteiger partial charge in [-0.05, 0) is 12.8 Å². The van der Waals surface area contributed by atoms with Crippen LogP contribution in [0.5, 0.6) is 0 Å². The van der Waals surface area contributed by atoms with Crippen molar-refractivity contribution in [1.82, 2.24) is 15.3 Å². The molecule has 3 nitrogen and oxygen atoms in total. The van der Waals surface area contributed by atoms with Gasteiger partial charge in [0.25, 0.3) is 0 Å². The fraction of sp³-hybridized carbons (Fsp3) is 0.636. The maximum atomic E-state index is 12.8. The highest BCUT2D eigenvalue weighted by Crippen LogP contribution is 2.58. The van der Waals surface area contributed by atoms with Crippen LogP contribution in [0.3, 0.4) is 0 Å². The zero-order valence-electron chi connectivity index (χ0n) is 9.09. The predicted molar refractivity (Wildman–Crippen MR) is 54.6 cm³/mol. The van der Waals surface area contributed by atoms with Crippen molar-refractivity contribution in [2.75, 3.05) is 13.1 Å². The van der Waals surface area contributed by atoms with Crippen LogP contribution in [0, 0.1) is 0 Å². The van der Waals surface area contributed by atoms with E-state index >= 15 is 0 Å². The van der Waals surface area contributed by atoms with Crippen molar-refractivity contribution in [3.05, 3.63) is 23.8 Å². The number of nitrogens with zero attached hydrogens (tertiary/aromatic N) is 2. The van der Waals surface area contributed by atoms with E-state index in [2.05, 4.69) is 15.3 Å². The van der Waals surface area contributed by atoms with Gasteiger partial charge in [0.1, 0.15) is 5.41 Å². The second-order valence-corrected chi connectivity index (χ2v) is 4.76. The fourth-order valence-corrected chi connectivity index (χ4v) is 2.10. The lowest BCUT2D eigenvalue weighted by Crippen LogP contribution is -2.40. The van der Waals surface area contributed by atoms with Crippen molar-refractivity contribution in [2.45, 2.75) is 30.4 Å². The van der Waals surface area contributed by atoms with Crippen LogP contribution in [0.2, 0.25) is 0 Å². The molecule has 2 fully saturated rings. The molecule has 1 saturated heterocycles. The van der Waals surface area contributed by atoms with Gasteiger partial charge in [0, 0.05) is 31.4 Å². The Labute approximate surface area is 96.5 Å². The number of halogens is 3. The van der Waals surface area contributed by atoms with Gasteiger partial charge in [-0.2, -0.15) is 13.2 Å². The van der Waals surface area contributed by atoms with Crippen LogP contribution in [0.15, 0.2) is 12.4 Å². The average molecular weight is 243 g/mol. The molecule has 3 rings (SSSR count). The molecule has 92 valence electrons. The normalized spacial score (nSPS) is 23.2. The Morgan fingerprint density at radius 1 is 1.18 bits per heavy atom. The van der Waals surface area contributed by atoms with Crippen molar-refractivity contribution in [3.8, 4) is 0 Å². The standard InChI is InChI=1S/C11H12F3N3/c12-11(13,14)10(1-2-10)9-6-16-8(5-17-9)7-3-15-4-7/h5-7,15H,1-4H2. The molecule has 0 spiro atoms. The Morgan fingerprint density at radius 2 is 1.88 bits per heavy atom. The molecule has 2 aliphatic rings. The maximum Gasteiger partial charge on any atom is 0.400 e. The molecule has 1 aliphatic heterocycles. The van der Waals surface area contributed by atoms with Gasteiger partial charge in [-0.3, -0.25) is 9.97 Å². The van der Waals surface area contributed by atoms with E-state index < -0.39 is 11.6 Å². The molecule has 0 radical (unpaired) electrons. The van der Waals surface area contributed by atoms with Crippen LogP contribution in [0.25, 0.3) is 0 Å². The third kappa shape index (κ3) is 1.62. The van der Waals surface area contributed by atoms with Crippen molar-refractivity contribution in [3.63, 3.8) is 0 Å². The summed E-state index contributed by atoms with van der Waals surface area (Å²) in [4.78, 5) is 8.09. The summed E-state index contributed by atoms with van der Waals surface area (Å²) in [5.74, 6) is 0.303. The van der Waals surface area contributed by atoms with Crippen LogP contribution in [0.4, 0.5) is 13.2 Å². The highest BCUT2D eigenvalue weighted by Gasteiger charge is 2.65. The second kappa shape index (κ2) is 3.41. The summed E-state index contributed by atoms with van der Waals surface area (Å²) in [6.07, 6.45) is -1.15. The van der Waals surface area contributed by atoms with Crippen molar-refractivity contribution in [2.24, 2.45) is 0 Å². The number of nitrogens with one attached hydrogen (secondary N) is 1. The van der Waals surface area contributed by atoms with Crippen LogP contribution < -0.4 is 5.32 Å². The van der Waals surface area contributed by atoms with E-state index in [4.69, 9.17) is 0 Å². The summed E-state index contributed by atoms with van der Waals surface area (Å²) in [5.41, 5.74) is -0.859. The Bertz CT molecular complexity index is 419. The molecule has 1 aromatic heterocycles. The van der Waals surface area contributed by atoms with E-state index in [9.17, 15) is 13.2 Å². The van der Waals surface area contributed by atoms with E-state index in [0.717, 1.165) is 18.8 Å². The molecule has 0 aromatic carbocycles. The summed E-state index contributed by atoms with van der Waals surface area (Å²) < 4.78 is 38.5. The van der Waals surface area contributed by atoms with Gasteiger partial charge >= 0.3 is 6.18 Å². The number of hydrogen-bond donors (Lipinski definition) is 1. The van der Waals surface area contributed by atoms with E-state index in [1.54, 1.807) is 0 Å². The Morgan fingerprint density at radius 3 is 2.24 bits per heavy atom. The largest absolute Gasteiger partial charge is 0.400 e. The lowest BCUT2D eigenvalue weighted by molar-refractivity contribution is -0.161. The molecule has 1 saturated carbocycles. The highest BCUT2D eigenvalue weighted by molar-refractivity contribution is 5.26. The lowest BCUT2D eigenvalue weighted by atomic mass is 9.98. The molecule has 6 heteroatoms.